The van der Waals surface area contributed by atoms with E-state index in [2.05, 4.69) is 17.6 Å². The molecule has 32 heavy (non-hydrogen) atoms. The molecule has 0 bridgehead atoms. The number of nitrogens with zero attached hydrogens (tertiary/aromatic N) is 2. The first-order valence-electron chi connectivity index (χ1n) is 10.3. The highest BCUT2D eigenvalue weighted by Crippen LogP contribution is 2.33. The highest BCUT2D eigenvalue weighted by molar-refractivity contribution is 6.34. The largest absolute Gasteiger partial charge is 0.493 e. The summed E-state index contributed by atoms with van der Waals surface area (Å²) in [6.45, 7) is 4.31. The molecule has 2 aromatic carbocycles. The maximum atomic E-state index is 9.91. The van der Waals surface area contributed by atoms with Crippen molar-refractivity contribution in [3.05, 3.63) is 60.2 Å². The number of hydrogen-bond acceptors (Lipinski definition) is 6. The van der Waals surface area contributed by atoms with Gasteiger partial charge in [0.15, 0.2) is 23.0 Å². The van der Waals surface area contributed by atoms with E-state index in [4.69, 9.17) is 18.9 Å². The molecule has 0 aliphatic rings. The number of methoxy groups -OCH3 is 4. The van der Waals surface area contributed by atoms with Gasteiger partial charge in [0.05, 0.1) is 28.4 Å². The van der Waals surface area contributed by atoms with Gasteiger partial charge in [-0.1, -0.05) is 18.2 Å². The summed E-state index contributed by atoms with van der Waals surface area (Å²) in [7, 11) is 6.35. The Bertz CT molecular complexity index is 1020. The van der Waals surface area contributed by atoms with Crippen molar-refractivity contribution in [3.8, 4) is 29.1 Å². The van der Waals surface area contributed by atoms with Gasteiger partial charge >= 0.3 is 0 Å². The minimum absolute atomic E-state index is 0.352. The second-order valence-electron chi connectivity index (χ2n) is 6.87. The number of hydrogen-bond donors (Lipinski definition) is 0. The number of rotatable bonds is 12. The third-order valence-electron chi connectivity index (χ3n) is 4.86. The average Bonchev–Trinajstić information content (AvgIpc) is 2.84. The van der Waals surface area contributed by atoms with Gasteiger partial charge in [-0.25, -0.2) is 0 Å². The van der Waals surface area contributed by atoms with E-state index < -0.39 is 0 Å². The molecule has 0 N–H and O–H groups in total. The van der Waals surface area contributed by atoms with Crippen molar-refractivity contribution in [3.63, 3.8) is 0 Å². The minimum atomic E-state index is 0.352. The molecule has 0 fully saturated rings. The summed E-state index contributed by atoms with van der Waals surface area (Å²) in [6, 6.07) is 13.4. The molecular weight excluding hydrogens is 404 g/mol. The van der Waals surface area contributed by atoms with Gasteiger partial charge < -0.3 is 18.9 Å². The molecule has 0 aliphatic heterocycles. The van der Waals surface area contributed by atoms with E-state index in [9.17, 15) is 5.26 Å². The zero-order valence-electron chi connectivity index (χ0n) is 19.2. The number of benzene rings is 2. The highest BCUT2D eigenvalue weighted by Gasteiger charge is 2.14. The first-order valence-corrected chi connectivity index (χ1v) is 10.3. The van der Waals surface area contributed by atoms with E-state index in [1.54, 1.807) is 28.4 Å². The first-order chi connectivity index (χ1) is 15.6. The molecule has 0 saturated carbocycles. The first kappa shape index (κ1) is 24.5. The van der Waals surface area contributed by atoms with E-state index >= 15 is 0 Å². The van der Waals surface area contributed by atoms with E-state index in [1.165, 1.54) is 0 Å². The van der Waals surface area contributed by atoms with Gasteiger partial charge in [-0.15, -0.1) is 6.58 Å². The fourth-order valence-electron chi connectivity index (χ4n) is 3.17. The van der Waals surface area contributed by atoms with E-state index in [-0.39, 0.29) is 0 Å². The Hall–Kier alpha value is -3.72. The van der Waals surface area contributed by atoms with Crippen LogP contribution < -0.4 is 18.9 Å². The van der Waals surface area contributed by atoms with Gasteiger partial charge in [0, 0.05) is 12.1 Å². The lowest BCUT2D eigenvalue weighted by Crippen LogP contribution is -2.02. The van der Waals surface area contributed by atoms with E-state index in [0.717, 1.165) is 30.4 Å². The smallest absolute Gasteiger partial charge is 0.161 e. The molecule has 2 aromatic rings. The fraction of sp³-hybridized carbons (Fsp3) is 0.308. The summed E-state index contributed by atoms with van der Waals surface area (Å²) in [5, 5.41) is 9.91. The van der Waals surface area contributed by atoms with Crippen LogP contribution in [0.1, 0.15) is 30.4 Å². The molecule has 0 aliphatic carbocycles. The fourth-order valence-corrected chi connectivity index (χ4v) is 3.17. The topological polar surface area (TPSA) is 73.1 Å². The van der Waals surface area contributed by atoms with Gasteiger partial charge in [-0.3, -0.25) is 4.99 Å². The van der Waals surface area contributed by atoms with Gasteiger partial charge in [-0.05, 0) is 60.7 Å². The third-order valence-corrected chi connectivity index (χ3v) is 4.86. The van der Waals surface area contributed by atoms with Crippen LogP contribution in [0.3, 0.4) is 0 Å². The zero-order valence-corrected chi connectivity index (χ0v) is 19.2. The maximum absolute atomic E-state index is 9.91. The van der Waals surface area contributed by atoms with Crippen molar-refractivity contribution in [2.75, 3.05) is 35.0 Å². The van der Waals surface area contributed by atoms with Crippen LogP contribution in [-0.4, -0.2) is 40.7 Å². The molecule has 2 rings (SSSR count). The number of nitriles is 1. The molecule has 0 aromatic heterocycles. The molecule has 0 amide bonds. The summed E-state index contributed by atoms with van der Waals surface area (Å²) in [5.41, 5.74) is 2.68. The molecule has 0 atom stereocenters. The molecule has 0 radical (unpaired) electrons. The monoisotopic (exact) mass is 434 g/mol. The normalized spacial score (nSPS) is 11.5. The van der Waals surface area contributed by atoms with Crippen LogP contribution in [0.4, 0.5) is 0 Å². The number of aliphatic imine (C=N–C) groups is 1. The molecule has 0 heterocycles. The van der Waals surface area contributed by atoms with Crippen LogP contribution in [0.15, 0.2) is 54.0 Å². The zero-order chi connectivity index (χ0) is 23.3. The standard InChI is InChI=1S/C26H30N2O4/c1-6-7-8-9-14-28-22(18-27)21(20-11-13-24(30-3)26(17-20)32-5)15-19-10-12-23(29-2)25(16-19)31-4/h6,10-13,15-17H,1,7-9,14H2,2-5H3. The Morgan fingerprint density at radius 2 is 1.53 bits per heavy atom. The van der Waals surface area contributed by atoms with Crippen LogP contribution in [-0.2, 0) is 0 Å². The SMILES string of the molecule is C=CCCCCN=C(C#N)C(=Cc1ccc(OC)c(OC)c1)c1ccc(OC)c(OC)c1. The number of ether oxygens (including phenoxy) is 4. The lowest BCUT2D eigenvalue weighted by molar-refractivity contribution is 0.355. The van der Waals surface area contributed by atoms with Crippen LogP contribution in [0.25, 0.3) is 11.6 Å². The summed E-state index contributed by atoms with van der Waals surface area (Å²) in [5.74, 6) is 2.43. The van der Waals surface area contributed by atoms with Gasteiger partial charge in [-0.2, -0.15) is 5.26 Å². The maximum Gasteiger partial charge on any atom is 0.161 e. The predicted octanol–water partition coefficient (Wildman–Crippen LogP) is 5.58. The van der Waals surface area contributed by atoms with E-state index in [0.29, 0.717) is 40.8 Å². The van der Waals surface area contributed by atoms with Crippen molar-refractivity contribution < 1.29 is 18.9 Å². The summed E-state index contributed by atoms with van der Waals surface area (Å²) in [4.78, 5) is 4.59. The minimum Gasteiger partial charge on any atom is -0.493 e. The molecule has 168 valence electrons. The van der Waals surface area contributed by atoms with E-state index in [1.807, 2.05) is 48.6 Å². The lowest BCUT2D eigenvalue weighted by Gasteiger charge is -2.13. The van der Waals surface area contributed by atoms with Gasteiger partial charge in [0.25, 0.3) is 0 Å². The Morgan fingerprint density at radius 3 is 2.12 bits per heavy atom. The molecule has 0 unspecified atom stereocenters. The summed E-state index contributed by atoms with van der Waals surface area (Å²) < 4.78 is 21.6. The van der Waals surface area contributed by atoms with Gasteiger partial charge in [0.2, 0.25) is 0 Å². The van der Waals surface area contributed by atoms with Crippen LogP contribution in [0, 0.1) is 11.3 Å². The van der Waals surface area contributed by atoms with Crippen LogP contribution in [0.5, 0.6) is 23.0 Å². The Morgan fingerprint density at radius 1 is 0.906 bits per heavy atom. The van der Waals surface area contributed by atoms with Crippen molar-refractivity contribution >= 4 is 17.4 Å². The summed E-state index contributed by atoms with van der Waals surface area (Å²) >= 11 is 0. The molecule has 6 heteroatoms. The number of unbranched alkanes of at least 4 members (excludes halogenated alkanes) is 2. The molecule has 0 saturated heterocycles. The molecule has 0 spiro atoms. The lowest BCUT2D eigenvalue weighted by atomic mass is 9.98. The second kappa shape index (κ2) is 12.9. The van der Waals surface area contributed by atoms with Crippen LogP contribution in [0.2, 0.25) is 0 Å². The Labute approximate surface area is 190 Å². The van der Waals surface area contributed by atoms with Crippen LogP contribution >= 0.6 is 0 Å². The van der Waals surface area contributed by atoms with Crippen molar-refractivity contribution in [1.82, 2.24) is 0 Å². The van der Waals surface area contributed by atoms with Crippen molar-refractivity contribution in [2.24, 2.45) is 4.99 Å². The quantitative estimate of drug-likeness (QED) is 0.189. The number of allylic oxidation sites excluding steroid dienone is 2. The molecule has 6 nitrogen and oxygen atoms in total. The summed E-state index contributed by atoms with van der Waals surface area (Å²) in [6.07, 6.45) is 6.60. The molecular formula is C26H30N2O4. The average molecular weight is 435 g/mol. The highest BCUT2D eigenvalue weighted by atomic mass is 16.5. The Balaban J connectivity index is 2.56. The Kier molecular flexibility index (Phi) is 9.86. The second-order valence-corrected chi connectivity index (χ2v) is 6.87. The van der Waals surface area contributed by atoms with Crippen molar-refractivity contribution in [1.29, 1.82) is 5.26 Å². The van der Waals surface area contributed by atoms with Crippen molar-refractivity contribution in [2.45, 2.75) is 19.3 Å². The van der Waals surface area contributed by atoms with Gasteiger partial charge in [0.1, 0.15) is 11.8 Å². The third kappa shape index (κ3) is 6.39. The predicted molar refractivity (Wildman–Crippen MR) is 129 cm³/mol.